The largest absolute Gasteiger partial charge is 0.493 e. The van der Waals surface area contributed by atoms with Gasteiger partial charge in [-0.25, -0.2) is 9.37 Å². The molecule has 2 aliphatic carbocycles. The van der Waals surface area contributed by atoms with Crippen molar-refractivity contribution >= 4 is 0 Å². The van der Waals surface area contributed by atoms with Crippen LogP contribution in [-0.4, -0.2) is 42.6 Å². The van der Waals surface area contributed by atoms with E-state index in [4.69, 9.17) is 19.2 Å². The van der Waals surface area contributed by atoms with E-state index in [-0.39, 0.29) is 34.9 Å². The fourth-order valence-electron chi connectivity index (χ4n) is 5.19. The second-order valence-electron chi connectivity index (χ2n) is 10.7. The highest BCUT2D eigenvalue weighted by Gasteiger charge is 2.47. The molecule has 1 aromatic heterocycles. The van der Waals surface area contributed by atoms with Gasteiger partial charge in [-0.1, -0.05) is 6.07 Å². The van der Waals surface area contributed by atoms with Crippen molar-refractivity contribution in [2.75, 3.05) is 20.3 Å². The van der Waals surface area contributed by atoms with E-state index in [9.17, 15) is 22.7 Å². The van der Waals surface area contributed by atoms with Gasteiger partial charge >= 0.3 is 6.18 Å². The number of hydrogen-bond acceptors (Lipinski definition) is 6. The van der Waals surface area contributed by atoms with Crippen LogP contribution in [0.2, 0.25) is 0 Å². The summed E-state index contributed by atoms with van der Waals surface area (Å²) in [5.41, 5.74) is 1.85. The van der Waals surface area contributed by atoms with Gasteiger partial charge in [0, 0.05) is 29.3 Å². The van der Waals surface area contributed by atoms with Gasteiger partial charge in [-0.3, -0.25) is 5.32 Å². The Morgan fingerprint density at radius 2 is 1.80 bits per heavy atom. The van der Waals surface area contributed by atoms with Crippen LogP contribution in [0.15, 0.2) is 48.5 Å². The van der Waals surface area contributed by atoms with Gasteiger partial charge in [0.15, 0.2) is 11.5 Å². The molecule has 2 aromatic carbocycles. The number of nitrogens with zero attached hydrogens (tertiary/aromatic N) is 1. The van der Waals surface area contributed by atoms with E-state index in [0.717, 1.165) is 25.7 Å². The average Bonchev–Trinajstić information content (AvgIpc) is 3.87. The van der Waals surface area contributed by atoms with Crippen molar-refractivity contribution in [1.29, 1.82) is 0 Å². The van der Waals surface area contributed by atoms with Gasteiger partial charge in [0.2, 0.25) is 0 Å². The van der Waals surface area contributed by atoms with E-state index in [1.165, 1.54) is 37.4 Å². The summed E-state index contributed by atoms with van der Waals surface area (Å²) in [5, 5.41) is 14.1. The fourth-order valence-corrected chi connectivity index (χ4v) is 5.19. The number of rotatable bonds is 10. The smallest absolute Gasteiger partial charge is 0.399 e. The Hall–Kier alpha value is -3.37. The molecule has 40 heavy (non-hydrogen) atoms. The Kier molecular flexibility index (Phi) is 7.08. The van der Waals surface area contributed by atoms with Crippen molar-refractivity contribution in [3.8, 4) is 28.5 Å². The van der Waals surface area contributed by atoms with Crippen LogP contribution in [-0.2, 0) is 0 Å². The van der Waals surface area contributed by atoms with Gasteiger partial charge in [0.05, 0.1) is 13.2 Å². The normalized spacial score (nSPS) is 20.0. The van der Waals surface area contributed by atoms with E-state index >= 15 is 0 Å². The third kappa shape index (κ3) is 5.60. The van der Waals surface area contributed by atoms with Crippen molar-refractivity contribution in [2.45, 2.75) is 56.0 Å². The number of aliphatic hydroxyl groups is 1. The highest BCUT2D eigenvalue weighted by atomic mass is 19.4. The Labute approximate surface area is 229 Å². The Balaban J connectivity index is 1.28. The van der Waals surface area contributed by atoms with Gasteiger partial charge in [-0.05, 0) is 79.6 Å². The molecule has 3 atom stereocenters. The van der Waals surface area contributed by atoms with E-state index in [1.54, 1.807) is 18.2 Å². The van der Waals surface area contributed by atoms with Crippen LogP contribution in [0.3, 0.4) is 0 Å². The lowest BCUT2D eigenvalue weighted by Crippen LogP contribution is -2.28. The van der Waals surface area contributed by atoms with Gasteiger partial charge < -0.3 is 19.3 Å². The van der Waals surface area contributed by atoms with E-state index < -0.39 is 30.7 Å². The quantitative estimate of drug-likeness (QED) is 0.226. The molecule has 2 saturated carbocycles. The molecule has 1 aliphatic heterocycles. The molecule has 0 radical (unpaired) electrons. The number of methoxy groups -OCH3 is 1. The molecule has 10 heteroatoms. The first-order valence-corrected chi connectivity index (χ1v) is 13.5. The number of alkyl halides is 3. The van der Waals surface area contributed by atoms with Crippen LogP contribution in [0.4, 0.5) is 17.6 Å². The van der Waals surface area contributed by atoms with E-state index in [2.05, 4.69) is 5.32 Å². The monoisotopic (exact) mass is 558 g/mol. The molecule has 0 saturated heterocycles. The van der Waals surface area contributed by atoms with E-state index in [0.29, 0.717) is 34.9 Å². The molecule has 0 bridgehead atoms. The fraction of sp³-hybridized carbons (Fsp3) is 0.433. The van der Waals surface area contributed by atoms with Crippen molar-refractivity contribution < 1.29 is 36.9 Å². The van der Waals surface area contributed by atoms with Crippen LogP contribution in [0.1, 0.15) is 60.6 Å². The zero-order chi connectivity index (χ0) is 28.0. The number of aliphatic hydroxyl groups excluding tert-OH is 1. The zero-order valence-corrected chi connectivity index (χ0v) is 21.9. The summed E-state index contributed by atoms with van der Waals surface area (Å²) < 4.78 is 72.2. The first kappa shape index (κ1) is 26.8. The van der Waals surface area contributed by atoms with Gasteiger partial charge in [0.1, 0.15) is 36.0 Å². The van der Waals surface area contributed by atoms with Crippen LogP contribution in [0.25, 0.3) is 11.3 Å². The maximum Gasteiger partial charge on any atom is 0.399 e. The number of aromatic nitrogens is 1. The molecule has 0 amide bonds. The lowest BCUT2D eigenvalue weighted by Gasteiger charge is -2.23. The SMILES string of the molecule is COc1cc(C(O)NC[C@H](c2cc3c(c(-c4ccc(F)cc4)n2)OC[C@H]3C(F)(F)F)C2CC2)ccc1OC1CC1. The summed E-state index contributed by atoms with van der Waals surface area (Å²) in [6, 6.07) is 12.2. The van der Waals surface area contributed by atoms with E-state index in [1.807, 2.05) is 0 Å². The molecular formula is C30H30F4N2O4. The summed E-state index contributed by atoms with van der Waals surface area (Å²) in [6.07, 6.45) is -1.49. The number of benzene rings is 2. The number of hydrogen-bond donors (Lipinski definition) is 2. The lowest BCUT2D eigenvalue weighted by molar-refractivity contribution is -0.151. The number of fused-ring (bicyclic) bond motifs is 1. The number of ether oxygens (including phenoxy) is 3. The van der Waals surface area contributed by atoms with Crippen LogP contribution in [0.5, 0.6) is 17.2 Å². The predicted octanol–water partition coefficient (Wildman–Crippen LogP) is 6.25. The highest BCUT2D eigenvalue weighted by Crippen LogP contribution is 2.50. The van der Waals surface area contributed by atoms with Crippen molar-refractivity contribution in [1.82, 2.24) is 10.3 Å². The summed E-state index contributed by atoms with van der Waals surface area (Å²) in [6.45, 7) is -0.230. The molecule has 212 valence electrons. The minimum atomic E-state index is -4.48. The Bertz CT molecular complexity index is 1370. The molecule has 3 aliphatic rings. The minimum Gasteiger partial charge on any atom is -0.493 e. The van der Waals surface area contributed by atoms with Crippen molar-refractivity contribution in [3.63, 3.8) is 0 Å². The van der Waals surface area contributed by atoms with Crippen molar-refractivity contribution in [3.05, 3.63) is 71.2 Å². The zero-order valence-electron chi connectivity index (χ0n) is 21.9. The molecule has 1 unspecified atom stereocenters. The van der Waals surface area contributed by atoms with Gasteiger partial charge in [0.25, 0.3) is 0 Å². The molecule has 6 nitrogen and oxygen atoms in total. The standard InChI is InChI=1S/C30H30F4N2O4/c1-38-26-12-18(6-11-25(26)40-20-9-10-20)29(37)35-14-22(16-2-3-16)24-13-21-23(30(32,33)34)15-39-28(21)27(36-24)17-4-7-19(31)8-5-17/h4-8,11-13,16,20,22-23,29,35,37H,2-3,9-10,14-15H2,1H3/t22-,23+,29?/m0/s1. The molecule has 3 aromatic rings. The van der Waals surface area contributed by atoms with Gasteiger partial charge in [-0.15, -0.1) is 0 Å². The third-order valence-corrected chi connectivity index (χ3v) is 7.73. The van der Waals surface area contributed by atoms with Crippen LogP contribution in [0, 0.1) is 11.7 Å². The summed E-state index contributed by atoms with van der Waals surface area (Å²) in [4.78, 5) is 4.77. The van der Waals surface area contributed by atoms with Crippen LogP contribution < -0.4 is 19.5 Å². The summed E-state index contributed by atoms with van der Waals surface area (Å²) >= 11 is 0. The van der Waals surface area contributed by atoms with Crippen molar-refractivity contribution in [2.24, 2.45) is 5.92 Å². The Morgan fingerprint density at radius 1 is 1.05 bits per heavy atom. The summed E-state index contributed by atoms with van der Waals surface area (Å²) in [5.74, 6) is -1.04. The van der Waals surface area contributed by atoms with Crippen LogP contribution >= 0.6 is 0 Å². The second-order valence-corrected chi connectivity index (χ2v) is 10.7. The lowest BCUT2D eigenvalue weighted by atomic mass is 9.92. The average molecular weight is 559 g/mol. The predicted molar refractivity (Wildman–Crippen MR) is 139 cm³/mol. The number of pyridine rings is 1. The second kappa shape index (κ2) is 10.6. The minimum absolute atomic E-state index is 0.0408. The molecule has 2 N–H and O–H groups in total. The molecular weight excluding hydrogens is 528 g/mol. The third-order valence-electron chi connectivity index (χ3n) is 7.73. The first-order valence-electron chi connectivity index (χ1n) is 13.5. The topological polar surface area (TPSA) is 72.8 Å². The molecule has 2 fully saturated rings. The number of halogens is 4. The highest BCUT2D eigenvalue weighted by molar-refractivity contribution is 5.70. The molecule has 0 spiro atoms. The maximum absolute atomic E-state index is 13.9. The molecule has 2 heterocycles. The summed E-state index contributed by atoms with van der Waals surface area (Å²) in [7, 11) is 1.54. The Morgan fingerprint density at radius 3 is 2.45 bits per heavy atom. The first-order chi connectivity index (χ1) is 19.2. The maximum atomic E-state index is 13.9. The van der Waals surface area contributed by atoms with Gasteiger partial charge in [-0.2, -0.15) is 13.2 Å². The molecule has 6 rings (SSSR count). The number of nitrogens with one attached hydrogen (secondary N) is 1.